The van der Waals surface area contributed by atoms with Crippen LogP contribution in [0.2, 0.25) is 0 Å². The standard InChI is InChI=1S/C15H14BrNO4S2/c1-3-20-12-6-5-10(16)7-9(12)8-11-13(18)22-14(17-11)23-15(19)21-4-2/h5-8H,3-4H2,1-2H3. The highest BCUT2D eigenvalue weighted by Crippen LogP contribution is 2.33. The summed E-state index contributed by atoms with van der Waals surface area (Å²) in [7, 11) is 0. The maximum Gasteiger partial charge on any atom is 0.374 e. The molecule has 2 rings (SSSR count). The van der Waals surface area contributed by atoms with Gasteiger partial charge < -0.3 is 9.47 Å². The second-order valence-electron chi connectivity index (χ2n) is 4.20. The first-order chi connectivity index (χ1) is 11.0. The molecular formula is C15H14BrNO4S2. The Morgan fingerprint density at radius 2 is 2.17 bits per heavy atom. The highest BCUT2D eigenvalue weighted by Gasteiger charge is 2.25. The number of nitrogens with zero attached hydrogens (tertiary/aromatic N) is 1. The molecule has 1 aliphatic heterocycles. The second-order valence-corrected chi connectivity index (χ2v) is 7.26. The third-order valence-corrected chi connectivity index (χ3v) is 4.80. The number of aliphatic imine (C=N–C) groups is 1. The monoisotopic (exact) mass is 415 g/mol. The lowest BCUT2D eigenvalue weighted by atomic mass is 10.1. The molecule has 0 aliphatic carbocycles. The molecular weight excluding hydrogens is 402 g/mol. The quantitative estimate of drug-likeness (QED) is 0.523. The molecule has 1 heterocycles. The van der Waals surface area contributed by atoms with Crippen molar-refractivity contribution in [2.45, 2.75) is 13.8 Å². The molecule has 0 N–H and O–H groups in total. The summed E-state index contributed by atoms with van der Waals surface area (Å²) in [5, 5.41) is -0.676. The van der Waals surface area contributed by atoms with Gasteiger partial charge in [0.05, 0.1) is 13.2 Å². The molecule has 0 saturated carbocycles. The van der Waals surface area contributed by atoms with Gasteiger partial charge in [0, 0.05) is 21.8 Å². The van der Waals surface area contributed by atoms with E-state index in [2.05, 4.69) is 20.9 Å². The Bertz CT molecular complexity index is 688. The smallest absolute Gasteiger partial charge is 0.374 e. The average molecular weight is 416 g/mol. The van der Waals surface area contributed by atoms with Gasteiger partial charge in [0.1, 0.15) is 15.8 Å². The molecule has 0 aromatic heterocycles. The molecule has 0 spiro atoms. The number of benzene rings is 1. The van der Waals surface area contributed by atoms with Crippen molar-refractivity contribution in [2.75, 3.05) is 13.2 Å². The molecule has 5 nitrogen and oxygen atoms in total. The van der Waals surface area contributed by atoms with Crippen LogP contribution in [0.3, 0.4) is 0 Å². The Morgan fingerprint density at radius 3 is 2.87 bits per heavy atom. The van der Waals surface area contributed by atoms with Gasteiger partial charge in [-0.2, -0.15) is 0 Å². The minimum atomic E-state index is -0.467. The van der Waals surface area contributed by atoms with Crippen molar-refractivity contribution < 1.29 is 19.1 Å². The summed E-state index contributed by atoms with van der Waals surface area (Å²) in [4.78, 5) is 27.7. The normalized spacial score (nSPS) is 15.7. The van der Waals surface area contributed by atoms with Crippen LogP contribution in [-0.2, 0) is 9.53 Å². The van der Waals surface area contributed by atoms with Crippen molar-refractivity contribution in [3.8, 4) is 5.75 Å². The highest BCUT2D eigenvalue weighted by atomic mass is 79.9. The van der Waals surface area contributed by atoms with Crippen molar-refractivity contribution in [1.82, 2.24) is 0 Å². The summed E-state index contributed by atoms with van der Waals surface area (Å²) in [6.45, 7) is 4.42. The van der Waals surface area contributed by atoms with Gasteiger partial charge in [-0.05, 0) is 49.9 Å². The first-order valence-electron chi connectivity index (χ1n) is 6.83. The molecule has 0 fully saturated rings. The van der Waals surface area contributed by atoms with Gasteiger partial charge in [-0.15, -0.1) is 0 Å². The van der Waals surface area contributed by atoms with E-state index in [1.165, 1.54) is 0 Å². The molecule has 0 radical (unpaired) electrons. The highest BCUT2D eigenvalue weighted by molar-refractivity contribution is 9.10. The topological polar surface area (TPSA) is 65.0 Å². The Hall–Kier alpha value is -1.25. The molecule has 1 aromatic rings. The van der Waals surface area contributed by atoms with Gasteiger partial charge in [-0.3, -0.25) is 4.79 Å². The molecule has 0 saturated heterocycles. The lowest BCUT2D eigenvalue weighted by Gasteiger charge is -2.07. The van der Waals surface area contributed by atoms with Crippen LogP contribution in [0, 0.1) is 0 Å². The van der Waals surface area contributed by atoms with E-state index in [-0.39, 0.29) is 17.4 Å². The van der Waals surface area contributed by atoms with Gasteiger partial charge in [0.2, 0.25) is 5.12 Å². The Labute approximate surface area is 151 Å². The van der Waals surface area contributed by atoms with Gasteiger partial charge >= 0.3 is 5.30 Å². The Balaban J connectivity index is 2.25. The minimum absolute atomic E-state index is 0.209. The number of hydrogen-bond acceptors (Lipinski definition) is 7. The fourth-order valence-electron chi connectivity index (χ4n) is 1.72. The molecule has 8 heteroatoms. The molecule has 0 atom stereocenters. The van der Waals surface area contributed by atoms with E-state index in [1.807, 2.05) is 25.1 Å². The van der Waals surface area contributed by atoms with E-state index in [1.54, 1.807) is 13.0 Å². The number of hydrogen-bond donors (Lipinski definition) is 0. The Kier molecular flexibility index (Phi) is 6.73. The first-order valence-corrected chi connectivity index (χ1v) is 9.25. The summed E-state index contributed by atoms with van der Waals surface area (Å²) in [5.74, 6) is 0.669. The van der Waals surface area contributed by atoms with E-state index in [0.29, 0.717) is 16.7 Å². The predicted octanol–water partition coefficient (Wildman–Crippen LogP) is 4.71. The maximum absolute atomic E-state index is 12.0. The van der Waals surface area contributed by atoms with Crippen LogP contribution in [0.5, 0.6) is 5.75 Å². The van der Waals surface area contributed by atoms with Gasteiger partial charge in [0.15, 0.2) is 0 Å². The largest absolute Gasteiger partial charge is 0.493 e. The van der Waals surface area contributed by atoms with E-state index in [9.17, 15) is 9.59 Å². The second kappa shape index (κ2) is 8.56. The Morgan fingerprint density at radius 1 is 1.39 bits per heavy atom. The van der Waals surface area contributed by atoms with Crippen LogP contribution in [0.4, 0.5) is 4.79 Å². The van der Waals surface area contributed by atoms with Crippen LogP contribution in [0.25, 0.3) is 6.08 Å². The number of thioether (sulfide) groups is 2. The SMILES string of the molecule is CCOC(=O)SC1=NC(=Cc2cc(Br)ccc2OCC)C(=O)S1. The van der Waals surface area contributed by atoms with E-state index >= 15 is 0 Å². The molecule has 0 amide bonds. The lowest BCUT2D eigenvalue weighted by molar-refractivity contribution is -0.107. The maximum atomic E-state index is 12.0. The predicted molar refractivity (Wildman–Crippen MR) is 97.9 cm³/mol. The van der Waals surface area contributed by atoms with Gasteiger partial charge in [-0.1, -0.05) is 15.9 Å². The number of ether oxygens (including phenoxy) is 2. The lowest BCUT2D eigenvalue weighted by Crippen LogP contribution is -1.98. The van der Waals surface area contributed by atoms with Crippen LogP contribution < -0.4 is 4.74 Å². The molecule has 23 heavy (non-hydrogen) atoms. The fraction of sp³-hybridized carbons (Fsp3) is 0.267. The van der Waals surface area contributed by atoms with E-state index in [4.69, 9.17) is 9.47 Å². The summed E-state index contributed by atoms with van der Waals surface area (Å²) < 4.78 is 11.6. The van der Waals surface area contributed by atoms with Crippen molar-refractivity contribution in [2.24, 2.45) is 4.99 Å². The van der Waals surface area contributed by atoms with Crippen LogP contribution >= 0.6 is 39.5 Å². The van der Waals surface area contributed by atoms with Crippen LogP contribution in [-0.4, -0.2) is 28.0 Å². The summed E-state index contributed by atoms with van der Waals surface area (Å²) in [6, 6.07) is 5.54. The third-order valence-electron chi connectivity index (χ3n) is 2.60. The van der Waals surface area contributed by atoms with Crippen molar-refractivity contribution >= 4 is 60.3 Å². The zero-order valence-corrected chi connectivity index (χ0v) is 15.7. The summed E-state index contributed by atoms with van der Waals surface area (Å²) in [5.41, 5.74) is 1.03. The molecule has 0 bridgehead atoms. The van der Waals surface area contributed by atoms with Gasteiger partial charge in [0.25, 0.3) is 0 Å². The van der Waals surface area contributed by atoms with E-state index in [0.717, 1.165) is 33.6 Å². The third kappa shape index (κ3) is 5.12. The van der Waals surface area contributed by atoms with E-state index < -0.39 is 5.30 Å². The minimum Gasteiger partial charge on any atom is -0.493 e. The number of rotatable bonds is 4. The summed E-state index contributed by atoms with van der Waals surface area (Å²) >= 11 is 5.14. The molecule has 1 aliphatic rings. The van der Waals surface area contributed by atoms with Gasteiger partial charge in [-0.25, -0.2) is 9.79 Å². The van der Waals surface area contributed by atoms with Crippen molar-refractivity contribution in [3.05, 3.63) is 33.9 Å². The number of halogens is 1. The van der Waals surface area contributed by atoms with Crippen LogP contribution in [0.15, 0.2) is 33.4 Å². The zero-order valence-electron chi connectivity index (χ0n) is 12.5. The van der Waals surface area contributed by atoms with Crippen molar-refractivity contribution in [1.29, 1.82) is 0 Å². The fourth-order valence-corrected chi connectivity index (χ4v) is 3.67. The number of carbonyl (C=O) groups excluding carboxylic acids is 2. The first kappa shape index (κ1) is 18.1. The zero-order chi connectivity index (χ0) is 16.8. The van der Waals surface area contributed by atoms with Crippen molar-refractivity contribution in [3.63, 3.8) is 0 Å². The average Bonchev–Trinajstić information content (AvgIpc) is 2.82. The summed E-state index contributed by atoms with van der Waals surface area (Å²) in [6.07, 6.45) is 1.66. The molecule has 122 valence electrons. The molecule has 0 unspecified atom stereocenters. The molecule has 1 aromatic carbocycles. The van der Waals surface area contributed by atoms with Crippen LogP contribution in [0.1, 0.15) is 19.4 Å². The number of carbonyl (C=O) groups is 2.